The lowest BCUT2D eigenvalue weighted by atomic mass is 9.78. The number of likely N-dealkylation sites (tertiary alicyclic amines) is 1. The molecular formula is C15H23N3O3. The zero-order valence-electron chi connectivity index (χ0n) is 12.7. The lowest BCUT2D eigenvalue weighted by Crippen LogP contribution is -2.66. The lowest BCUT2D eigenvalue weighted by Gasteiger charge is -2.40. The number of carbonyl (C=O) groups is 3. The standard InChI is InChI=1S/C15H23N3O3/c1-3-15(4-2)12(19)16-14(21)18(13(15)20)11-7-8-17(9-11)10-5-6-10/h10-11H,3-9H2,1-2H3,(H,16,19,21). The molecule has 3 fully saturated rings. The fourth-order valence-corrected chi connectivity index (χ4v) is 3.65. The third kappa shape index (κ3) is 2.16. The van der Waals surface area contributed by atoms with Gasteiger partial charge >= 0.3 is 6.03 Å². The second-order valence-electron chi connectivity index (χ2n) is 6.39. The van der Waals surface area contributed by atoms with Gasteiger partial charge in [-0.1, -0.05) is 13.8 Å². The van der Waals surface area contributed by atoms with Crippen LogP contribution >= 0.6 is 0 Å². The first kappa shape index (κ1) is 14.5. The Morgan fingerprint density at radius 1 is 1.10 bits per heavy atom. The molecule has 0 spiro atoms. The average Bonchev–Trinajstić information content (AvgIpc) is 3.20. The maximum absolute atomic E-state index is 12.8. The third-order valence-electron chi connectivity index (χ3n) is 5.33. The highest BCUT2D eigenvalue weighted by molar-refractivity contribution is 6.19. The Hall–Kier alpha value is -1.43. The van der Waals surface area contributed by atoms with Gasteiger partial charge in [-0.15, -0.1) is 0 Å². The fraction of sp³-hybridized carbons (Fsp3) is 0.800. The topological polar surface area (TPSA) is 69.7 Å². The second kappa shape index (κ2) is 5.09. The quantitative estimate of drug-likeness (QED) is 0.788. The Labute approximate surface area is 124 Å². The highest BCUT2D eigenvalue weighted by Crippen LogP contribution is 2.36. The molecule has 0 aromatic rings. The van der Waals surface area contributed by atoms with Crippen molar-refractivity contribution in [2.45, 2.75) is 58.0 Å². The van der Waals surface area contributed by atoms with Crippen LogP contribution in [0.2, 0.25) is 0 Å². The van der Waals surface area contributed by atoms with Crippen LogP contribution in [0.1, 0.15) is 46.0 Å². The van der Waals surface area contributed by atoms with Crippen LogP contribution in [-0.4, -0.2) is 52.8 Å². The Morgan fingerprint density at radius 2 is 1.76 bits per heavy atom. The molecule has 21 heavy (non-hydrogen) atoms. The monoisotopic (exact) mass is 293 g/mol. The van der Waals surface area contributed by atoms with Crippen LogP contribution in [0.4, 0.5) is 4.79 Å². The Morgan fingerprint density at radius 3 is 2.33 bits per heavy atom. The van der Waals surface area contributed by atoms with Gasteiger partial charge in [-0.3, -0.25) is 24.7 Å². The second-order valence-corrected chi connectivity index (χ2v) is 6.39. The van der Waals surface area contributed by atoms with Crippen molar-refractivity contribution in [2.24, 2.45) is 5.41 Å². The minimum absolute atomic E-state index is 0.0938. The Balaban J connectivity index is 1.82. The molecule has 4 amide bonds. The van der Waals surface area contributed by atoms with Crippen molar-refractivity contribution in [2.75, 3.05) is 13.1 Å². The SMILES string of the molecule is CCC1(CC)C(=O)NC(=O)N(C2CCN(C3CC3)C2)C1=O. The van der Waals surface area contributed by atoms with Gasteiger partial charge in [-0.2, -0.15) is 0 Å². The number of nitrogens with zero attached hydrogens (tertiary/aromatic N) is 2. The molecule has 0 aromatic heterocycles. The van der Waals surface area contributed by atoms with E-state index in [4.69, 9.17) is 0 Å². The molecule has 1 saturated carbocycles. The van der Waals surface area contributed by atoms with Crippen LogP contribution in [0, 0.1) is 5.41 Å². The van der Waals surface area contributed by atoms with Crippen LogP contribution in [0.3, 0.4) is 0 Å². The first-order valence-electron chi connectivity index (χ1n) is 7.96. The van der Waals surface area contributed by atoms with Crippen LogP contribution in [-0.2, 0) is 9.59 Å². The smallest absolute Gasteiger partial charge is 0.298 e. The van der Waals surface area contributed by atoms with E-state index >= 15 is 0 Å². The molecule has 1 atom stereocenters. The Bertz CT molecular complexity index is 483. The zero-order valence-corrected chi connectivity index (χ0v) is 12.7. The number of hydrogen-bond donors (Lipinski definition) is 1. The van der Waals surface area contributed by atoms with E-state index in [-0.39, 0.29) is 11.9 Å². The number of carbonyl (C=O) groups excluding carboxylic acids is 3. The number of barbiturate groups is 1. The zero-order chi connectivity index (χ0) is 15.2. The lowest BCUT2D eigenvalue weighted by molar-refractivity contribution is -0.153. The molecule has 3 rings (SSSR count). The van der Waals surface area contributed by atoms with Crippen LogP contribution in [0.15, 0.2) is 0 Å². The molecule has 1 N–H and O–H groups in total. The largest absolute Gasteiger partial charge is 0.331 e. The number of rotatable bonds is 4. The summed E-state index contributed by atoms with van der Waals surface area (Å²) in [6, 6.07) is 0.00976. The summed E-state index contributed by atoms with van der Waals surface area (Å²) < 4.78 is 0. The van der Waals surface area contributed by atoms with Gasteiger partial charge in [-0.05, 0) is 32.1 Å². The summed E-state index contributed by atoms with van der Waals surface area (Å²) in [6.07, 6.45) is 4.11. The Kier molecular flexibility index (Phi) is 3.51. The molecule has 6 heteroatoms. The van der Waals surface area contributed by atoms with Gasteiger partial charge in [0, 0.05) is 19.1 Å². The molecule has 3 aliphatic rings. The van der Waals surface area contributed by atoms with E-state index in [1.165, 1.54) is 17.7 Å². The first-order chi connectivity index (χ1) is 10.0. The van der Waals surface area contributed by atoms with E-state index in [2.05, 4.69) is 10.2 Å². The molecule has 0 radical (unpaired) electrons. The van der Waals surface area contributed by atoms with Crippen molar-refractivity contribution >= 4 is 17.8 Å². The van der Waals surface area contributed by atoms with Crippen molar-refractivity contribution in [3.05, 3.63) is 0 Å². The summed E-state index contributed by atoms with van der Waals surface area (Å²) in [4.78, 5) is 40.8. The van der Waals surface area contributed by atoms with Crippen molar-refractivity contribution in [1.29, 1.82) is 0 Å². The molecule has 6 nitrogen and oxygen atoms in total. The summed E-state index contributed by atoms with van der Waals surface area (Å²) in [5.41, 5.74) is -1.07. The normalized spacial score (nSPS) is 29.9. The van der Waals surface area contributed by atoms with Gasteiger partial charge in [-0.25, -0.2) is 4.79 Å². The number of imide groups is 2. The predicted octanol–water partition coefficient (Wildman–Crippen LogP) is 1.11. The number of nitrogens with one attached hydrogen (secondary N) is 1. The minimum Gasteiger partial charge on any atom is -0.298 e. The molecule has 0 aromatic carbocycles. The minimum atomic E-state index is -1.07. The van der Waals surface area contributed by atoms with Crippen molar-refractivity contribution in [3.8, 4) is 0 Å². The van der Waals surface area contributed by atoms with Crippen LogP contribution in [0.5, 0.6) is 0 Å². The van der Waals surface area contributed by atoms with Gasteiger partial charge in [0.15, 0.2) is 0 Å². The summed E-state index contributed by atoms with van der Waals surface area (Å²) in [5.74, 6) is -0.736. The van der Waals surface area contributed by atoms with Gasteiger partial charge in [0.05, 0.1) is 6.04 Å². The molecule has 1 unspecified atom stereocenters. The molecule has 2 heterocycles. The first-order valence-corrected chi connectivity index (χ1v) is 7.96. The highest BCUT2D eigenvalue weighted by atomic mass is 16.2. The van der Waals surface area contributed by atoms with Gasteiger partial charge < -0.3 is 0 Å². The summed E-state index contributed by atoms with van der Waals surface area (Å²) >= 11 is 0. The molecule has 0 bridgehead atoms. The maximum atomic E-state index is 12.8. The molecule has 2 saturated heterocycles. The van der Waals surface area contributed by atoms with Gasteiger partial charge in [0.2, 0.25) is 11.8 Å². The average molecular weight is 293 g/mol. The maximum Gasteiger partial charge on any atom is 0.331 e. The molecule has 2 aliphatic heterocycles. The van der Waals surface area contributed by atoms with E-state index in [0.717, 1.165) is 19.5 Å². The van der Waals surface area contributed by atoms with Crippen LogP contribution in [0.25, 0.3) is 0 Å². The summed E-state index contributed by atoms with van der Waals surface area (Å²) in [5, 5.41) is 2.40. The van der Waals surface area contributed by atoms with E-state index in [9.17, 15) is 14.4 Å². The van der Waals surface area contributed by atoms with Crippen LogP contribution < -0.4 is 5.32 Å². The van der Waals surface area contributed by atoms with E-state index < -0.39 is 17.4 Å². The number of hydrogen-bond acceptors (Lipinski definition) is 4. The molecular weight excluding hydrogens is 270 g/mol. The molecule has 116 valence electrons. The fourth-order valence-electron chi connectivity index (χ4n) is 3.65. The predicted molar refractivity (Wildman–Crippen MR) is 76.4 cm³/mol. The van der Waals surface area contributed by atoms with E-state index in [0.29, 0.717) is 18.9 Å². The van der Waals surface area contributed by atoms with Crippen molar-refractivity contribution in [3.63, 3.8) is 0 Å². The number of urea groups is 1. The van der Waals surface area contributed by atoms with E-state index in [1.54, 1.807) is 0 Å². The van der Waals surface area contributed by atoms with Crippen molar-refractivity contribution < 1.29 is 14.4 Å². The number of amides is 4. The van der Waals surface area contributed by atoms with Gasteiger partial charge in [0.1, 0.15) is 5.41 Å². The van der Waals surface area contributed by atoms with Crippen molar-refractivity contribution in [1.82, 2.24) is 15.1 Å². The van der Waals surface area contributed by atoms with E-state index in [1.807, 2.05) is 13.8 Å². The molecule has 1 aliphatic carbocycles. The summed E-state index contributed by atoms with van der Waals surface area (Å²) in [7, 11) is 0. The third-order valence-corrected chi connectivity index (χ3v) is 5.33. The highest BCUT2D eigenvalue weighted by Gasteiger charge is 2.54. The summed E-state index contributed by atoms with van der Waals surface area (Å²) in [6.45, 7) is 5.35. The van der Waals surface area contributed by atoms with Gasteiger partial charge in [0.25, 0.3) is 0 Å².